The Labute approximate surface area is 140 Å². The van der Waals surface area contributed by atoms with Gasteiger partial charge in [-0.1, -0.05) is 12.2 Å². The molecule has 0 radical (unpaired) electrons. The van der Waals surface area contributed by atoms with E-state index in [1.54, 1.807) is 27.7 Å². The van der Waals surface area contributed by atoms with E-state index in [1.807, 2.05) is 0 Å². The Morgan fingerprint density at radius 3 is 1.35 bits per heavy atom. The van der Waals surface area contributed by atoms with Crippen LogP contribution in [0, 0.1) is 0 Å². The maximum atomic E-state index is 13.5. The zero-order valence-corrected chi connectivity index (χ0v) is 16.8. The molecule has 2 atom stereocenters. The van der Waals surface area contributed by atoms with Crippen LogP contribution in [0.3, 0.4) is 0 Å². The van der Waals surface area contributed by atoms with Crippen molar-refractivity contribution in [1.29, 1.82) is 0 Å². The van der Waals surface area contributed by atoms with Gasteiger partial charge in [-0.3, -0.25) is 9.13 Å². The average molecular weight is 368 g/mol. The molecule has 0 saturated carbocycles. The summed E-state index contributed by atoms with van der Waals surface area (Å²) in [4.78, 5) is -1.54. The van der Waals surface area contributed by atoms with Gasteiger partial charge in [-0.25, -0.2) is 0 Å². The lowest BCUT2D eigenvalue weighted by Gasteiger charge is -2.41. The van der Waals surface area contributed by atoms with Gasteiger partial charge in [-0.2, -0.15) is 0 Å². The lowest BCUT2D eigenvalue weighted by molar-refractivity contribution is 0.151. The lowest BCUT2D eigenvalue weighted by Crippen LogP contribution is -2.33. The molecule has 0 N–H and O–H groups in total. The third-order valence-electron chi connectivity index (χ3n) is 3.14. The summed E-state index contributed by atoms with van der Waals surface area (Å²) in [7, 11) is -5.23. The summed E-state index contributed by atoms with van der Waals surface area (Å²) in [5.74, 6) is 0. The molecule has 0 aromatic heterocycles. The van der Waals surface area contributed by atoms with Crippen LogP contribution in [0.15, 0.2) is 25.3 Å². The number of hydrogen-bond donors (Lipinski definition) is 0. The molecule has 0 aliphatic rings. The summed E-state index contributed by atoms with van der Waals surface area (Å²) in [6.45, 7) is 14.3. The number of allylic oxidation sites excluding steroid dienone is 2. The number of rotatable bonds is 12. The fourth-order valence-corrected chi connectivity index (χ4v) is 8.06. The fraction of sp³-hybridized carbons (Fsp3) is 0.733. The summed E-state index contributed by atoms with van der Waals surface area (Å²) >= 11 is 0. The van der Waals surface area contributed by atoms with Crippen LogP contribution in [-0.2, 0) is 27.2 Å². The maximum Gasteiger partial charge on any atom is 0.349 e. The molecule has 8 heteroatoms. The fourth-order valence-electron chi connectivity index (χ4n) is 2.32. The summed E-state index contributed by atoms with van der Waals surface area (Å²) in [5.41, 5.74) is 0. The second kappa shape index (κ2) is 9.31. The average Bonchev–Trinajstić information content (AvgIpc) is 2.44. The van der Waals surface area contributed by atoms with Gasteiger partial charge in [0.1, 0.15) is 0 Å². The van der Waals surface area contributed by atoms with Crippen LogP contribution in [-0.4, -0.2) is 31.3 Å². The normalized spacial score (nSPS) is 17.7. The SMILES string of the molecule is C=CCC(CC=C)(P(=O)(OC)OC(C)C)P(=O)(OC)OC(C)C. The van der Waals surface area contributed by atoms with Gasteiger partial charge in [0.25, 0.3) is 0 Å². The zero-order chi connectivity index (χ0) is 18.3. The van der Waals surface area contributed by atoms with Crippen LogP contribution in [0.5, 0.6) is 0 Å². The van der Waals surface area contributed by atoms with Crippen molar-refractivity contribution < 1.29 is 27.2 Å². The van der Waals surface area contributed by atoms with Crippen molar-refractivity contribution in [2.45, 2.75) is 57.6 Å². The van der Waals surface area contributed by atoms with Crippen LogP contribution < -0.4 is 0 Å². The molecule has 0 aromatic rings. The minimum absolute atomic E-state index is 0.0642. The highest BCUT2D eigenvalue weighted by molar-refractivity contribution is 7.74. The quantitative estimate of drug-likeness (QED) is 0.341. The molecule has 23 heavy (non-hydrogen) atoms. The van der Waals surface area contributed by atoms with E-state index in [-0.39, 0.29) is 12.8 Å². The topological polar surface area (TPSA) is 71.1 Å². The van der Waals surface area contributed by atoms with Gasteiger partial charge < -0.3 is 18.1 Å². The van der Waals surface area contributed by atoms with Gasteiger partial charge in [0.15, 0.2) is 4.90 Å². The largest absolute Gasteiger partial charge is 0.349 e. The Bertz CT molecular complexity index is 442. The molecule has 0 aromatic carbocycles. The molecule has 2 unspecified atom stereocenters. The lowest BCUT2D eigenvalue weighted by atomic mass is 10.2. The minimum Gasteiger partial charge on any atom is -0.311 e. The van der Waals surface area contributed by atoms with Crippen molar-refractivity contribution in [2.75, 3.05) is 14.2 Å². The third kappa shape index (κ3) is 4.88. The molecule has 0 bridgehead atoms. The second-order valence-electron chi connectivity index (χ2n) is 5.64. The number of hydrogen-bond acceptors (Lipinski definition) is 6. The Kier molecular flexibility index (Phi) is 9.22. The Hall–Kier alpha value is -0.220. The van der Waals surface area contributed by atoms with E-state index in [1.165, 1.54) is 26.4 Å². The maximum absolute atomic E-state index is 13.5. The van der Waals surface area contributed by atoms with Crippen LogP contribution in [0.1, 0.15) is 40.5 Å². The zero-order valence-electron chi connectivity index (χ0n) is 15.0. The molecule has 0 fully saturated rings. The van der Waals surface area contributed by atoms with Crippen molar-refractivity contribution in [3.63, 3.8) is 0 Å². The first-order valence-corrected chi connectivity index (χ1v) is 10.6. The first-order chi connectivity index (χ1) is 10.6. The van der Waals surface area contributed by atoms with Gasteiger partial charge in [-0.15, -0.1) is 13.2 Å². The molecule has 0 spiro atoms. The van der Waals surface area contributed by atoms with Gasteiger partial charge in [0, 0.05) is 14.2 Å². The van der Waals surface area contributed by atoms with E-state index in [9.17, 15) is 9.13 Å². The van der Waals surface area contributed by atoms with Crippen LogP contribution in [0.4, 0.5) is 0 Å². The highest BCUT2D eigenvalue weighted by Crippen LogP contribution is 2.80. The molecule has 0 aliphatic heterocycles. The van der Waals surface area contributed by atoms with Crippen molar-refractivity contribution in [3.05, 3.63) is 25.3 Å². The predicted octanol–water partition coefficient (Wildman–Crippen LogP) is 5.36. The van der Waals surface area contributed by atoms with Crippen LogP contribution in [0.25, 0.3) is 0 Å². The second-order valence-corrected chi connectivity index (χ2v) is 10.8. The van der Waals surface area contributed by atoms with Gasteiger partial charge in [-0.05, 0) is 40.5 Å². The van der Waals surface area contributed by atoms with Crippen LogP contribution in [0.2, 0.25) is 0 Å². The van der Waals surface area contributed by atoms with E-state index in [0.717, 1.165) is 0 Å². The standard InChI is InChI=1S/C15H30O6P2/c1-9-11-15(12-10-2,22(16,18-7)20-13(3)4)23(17,19-8)21-14(5)6/h9-10,13-14H,1-2,11-12H2,3-8H3. The van der Waals surface area contributed by atoms with Crippen molar-refractivity contribution in [2.24, 2.45) is 0 Å². The van der Waals surface area contributed by atoms with Gasteiger partial charge >= 0.3 is 15.2 Å². The summed E-state index contributed by atoms with van der Waals surface area (Å²) < 4.78 is 48.7. The highest BCUT2D eigenvalue weighted by Gasteiger charge is 2.63. The minimum atomic E-state index is -3.88. The predicted molar refractivity (Wildman–Crippen MR) is 94.0 cm³/mol. The highest BCUT2D eigenvalue weighted by atomic mass is 31.2. The monoisotopic (exact) mass is 368 g/mol. The molecular weight excluding hydrogens is 338 g/mol. The Morgan fingerprint density at radius 2 is 1.17 bits per heavy atom. The summed E-state index contributed by atoms with van der Waals surface area (Å²) in [6.07, 6.45) is 2.34. The van der Waals surface area contributed by atoms with Crippen molar-refractivity contribution in [3.8, 4) is 0 Å². The van der Waals surface area contributed by atoms with E-state index in [0.29, 0.717) is 0 Å². The van der Waals surface area contributed by atoms with Crippen molar-refractivity contribution >= 4 is 15.2 Å². The van der Waals surface area contributed by atoms with Gasteiger partial charge in [0.05, 0.1) is 12.2 Å². The molecule has 6 nitrogen and oxygen atoms in total. The van der Waals surface area contributed by atoms with E-state index >= 15 is 0 Å². The molecular formula is C15H30O6P2. The van der Waals surface area contributed by atoms with E-state index in [4.69, 9.17) is 18.1 Å². The molecule has 0 amide bonds. The summed E-state index contributed by atoms with van der Waals surface area (Å²) in [5, 5.41) is 0. The Morgan fingerprint density at radius 1 is 0.870 bits per heavy atom. The first-order valence-electron chi connectivity index (χ1n) is 7.48. The van der Waals surface area contributed by atoms with Gasteiger partial charge in [0.2, 0.25) is 0 Å². The first kappa shape index (κ1) is 22.8. The summed E-state index contributed by atoms with van der Waals surface area (Å²) in [6, 6.07) is 0. The molecule has 0 saturated heterocycles. The molecule has 0 heterocycles. The van der Waals surface area contributed by atoms with E-state index in [2.05, 4.69) is 13.2 Å². The van der Waals surface area contributed by atoms with E-state index < -0.39 is 32.3 Å². The third-order valence-corrected chi connectivity index (χ3v) is 9.74. The molecule has 0 aliphatic carbocycles. The van der Waals surface area contributed by atoms with Crippen molar-refractivity contribution in [1.82, 2.24) is 0 Å². The van der Waals surface area contributed by atoms with Crippen LogP contribution >= 0.6 is 15.2 Å². The molecule has 0 rings (SSSR count). The molecule has 136 valence electrons. The Balaban J connectivity index is 6.48. The smallest absolute Gasteiger partial charge is 0.311 e.